The third-order valence-electron chi connectivity index (χ3n) is 8.17. The molecule has 1 aromatic carbocycles. The molecule has 1 atom stereocenters. The van der Waals surface area contributed by atoms with Gasteiger partial charge in [-0.3, -0.25) is 9.59 Å². The zero-order chi connectivity index (χ0) is 31.5. The minimum Gasteiger partial charge on any atom is -0.474 e. The minimum atomic E-state index is -4.63. The van der Waals surface area contributed by atoms with Crippen molar-refractivity contribution < 1.29 is 22.7 Å². The van der Waals surface area contributed by atoms with Crippen LogP contribution < -0.4 is 10.3 Å². The van der Waals surface area contributed by atoms with Crippen LogP contribution in [-0.4, -0.2) is 47.3 Å². The average molecular weight is 672 g/mol. The molecule has 0 bridgehead atoms. The monoisotopic (exact) mass is 670 g/mol. The third kappa shape index (κ3) is 5.53. The summed E-state index contributed by atoms with van der Waals surface area (Å²) in [6, 6.07) is 8.26. The van der Waals surface area contributed by atoms with E-state index < -0.39 is 23.7 Å². The first-order chi connectivity index (χ1) is 20.8. The zero-order valence-electron chi connectivity index (χ0n) is 24.5. The highest BCUT2D eigenvalue weighted by atomic mass is 79.9. The van der Waals surface area contributed by atoms with Crippen LogP contribution in [0.4, 0.5) is 13.2 Å². The molecule has 0 saturated heterocycles. The van der Waals surface area contributed by atoms with Gasteiger partial charge in [0.25, 0.3) is 11.5 Å². The van der Waals surface area contributed by atoms with Crippen molar-refractivity contribution in [1.29, 1.82) is 0 Å². The summed E-state index contributed by atoms with van der Waals surface area (Å²) in [5, 5.41) is 4.55. The van der Waals surface area contributed by atoms with E-state index in [0.29, 0.717) is 28.7 Å². The second kappa shape index (κ2) is 11.2. The number of hydrogen-bond acceptors (Lipinski definition) is 6. The fourth-order valence-electron chi connectivity index (χ4n) is 5.84. The van der Waals surface area contributed by atoms with Gasteiger partial charge in [-0.25, -0.2) is 19.2 Å². The summed E-state index contributed by atoms with van der Waals surface area (Å²) in [7, 11) is 0. The SMILES string of the molecule is Cc1cc(C)n(-c2nc3c(c(=O)n2-c2ccc(OC4CC(C)C4)nc2)C[C@@H](C)N(C(=O)c2ccc(Br)c(C(F)(F)F)c2)C3)n1. The van der Waals surface area contributed by atoms with Crippen molar-refractivity contribution >= 4 is 21.8 Å². The summed E-state index contributed by atoms with van der Waals surface area (Å²) in [6.07, 6.45) is -0.819. The van der Waals surface area contributed by atoms with Crippen LogP contribution in [0.5, 0.6) is 5.88 Å². The molecular formula is C31H30BrF3N6O3. The molecule has 1 fully saturated rings. The Kier molecular flexibility index (Phi) is 7.63. The van der Waals surface area contributed by atoms with Gasteiger partial charge in [-0.05, 0) is 76.3 Å². The number of carbonyl (C=O) groups excluding carboxylic acids is 1. The number of hydrogen-bond donors (Lipinski definition) is 0. The Morgan fingerprint density at radius 3 is 2.45 bits per heavy atom. The highest BCUT2D eigenvalue weighted by Crippen LogP contribution is 2.36. The largest absolute Gasteiger partial charge is 0.474 e. The molecule has 4 heterocycles. The van der Waals surface area contributed by atoms with E-state index in [1.807, 2.05) is 19.9 Å². The summed E-state index contributed by atoms with van der Waals surface area (Å²) >= 11 is 2.93. The van der Waals surface area contributed by atoms with E-state index in [2.05, 4.69) is 32.9 Å². The zero-order valence-corrected chi connectivity index (χ0v) is 26.1. The molecule has 2 aliphatic rings. The van der Waals surface area contributed by atoms with Crippen molar-refractivity contribution in [3.63, 3.8) is 0 Å². The number of aromatic nitrogens is 5. The van der Waals surface area contributed by atoms with Gasteiger partial charge in [0.05, 0.1) is 35.4 Å². The lowest BCUT2D eigenvalue weighted by Crippen LogP contribution is -2.46. The van der Waals surface area contributed by atoms with Crippen LogP contribution in [0, 0.1) is 19.8 Å². The Morgan fingerprint density at radius 1 is 1.09 bits per heavy atom. The summed E-state index contributed by atoms with van der Waals surface area (Å²) < 4.78 is 49.5. The van der Waals surface area contributed by atoms with Gasteiger partial charge in [-0.2, -0.15) is 18.3 Å². The molecule has 1 amide bonds. The molecule has 44 heavy (non-hydrogen) atoms. The predicted molar refractivity (Wildman–Crippen MR) is 159 cm³/mol. The Hall–Kier alpha value is -4.00. The normalized spacial score (nSPS) is 19.8. The highest BCUT2D eigenvalue weighted by Gasteiger charge is 2.36. The van der Waals surface area contributed by atoms with Gasteiger partial charge in [0.2, 0.25) is 11.8 Å². The molecule has 13 heteroatoms. The van der Waals surface area contributed by atoms with Crippen LogP contribution in [0.2, 0.25) is 0 Å². The molecule has 1 saturated carbocycles. The smallest absolute Gasteiger partial charge is 0.417 e. The molecule has 6 rings (SSSR count). The maximum Gasteiger partial charge on any atom is 0.417 e. The lowest BCUT2D eigenvalue weighted by Gasteiger charge is -2.34. The number of rotatable bonds is 5. The lowest BCUT2D eigenvalue weighted by atomic mass is 9.84. The van der Waals surface area contributed by atoms with E-state index >= 15 is 0 Å². The van der Waals surface area contributed by atoms with Gasteiger partial charge < -0.3 is 9.64 Å². The summed E-state index contributed by atoms with van der Waals surface area (Å²) in [4.78, 5) is 38.5. The number of alkyl halides is 3. The number of halogens is 4. The second-order valence-electron chi connectivity index (χ2n) is 11.7. The highest BCUT2D eigenvalue weighted by molar-refractivity contribution is 9.10. The quantitative estimate of drug-likeness (QED) is 0.260. The number of nitrogens with zero attached hydrogens (tertiary/aromatic N) is 6. The van der Waals surface area contributed by atoms with Crippen LogP contribution in [0.15, 0.2) is 51.9 Å². The lowest BCUT2D eigenvalue weighted by molar-refractivity contribution is -0.138. The Morgan fingerprint density at radius 2 is 1.84 bits per heavy atom. The fraction of sp³-hybridized carbons (Fsp3) is 0.387. The van der Waals surface area contributed by atoms with Crippen molar-refractivity contribution in [2.45, 2.75) is 71.8 Å². The number of carbonyl (C=O) groups is 1. The maximum atomic E-state index is 14.2. The van der Waals surface area contributed by atoms with Gasteiger partial charge in [-0.15, -0.1) is 0 Å². The van der Waals surface area contributed by atoms with Crippen LogP contribution in [0.3, 0.4) is 0 Å². The first-order valence-electron chi connectivity index (χ1n) is 14.3. The van der Waals surface area contributed by atoms with Gasteiger partial charge in [0.15, 0.2) is 0 Å². The van der Waals surface area contributed by atoms with E-state index in [9.17, 15) is 22.8 Å². The number of fused-ring (bicyclic) bond motifs is 1. The number of ether oxygens (including phenoxy) is 1. The van der Waals surface area contributed by atoms with E-state index in [1.54, 1.807) is 29.9 Å². The minimum absolute atomic E-state index is 0.0556. The molecule has 1 aliphatic carbocycles. The molecular weight excluding hydrogens is 641 g/mol. The molecule has 4 aromatic rings. The molecule has 0 spiro atoms. The number of benzene rings is 1. The molecule has 0 N–H and O–H groups in total. The topological polar surface area (TPSA) is 95.1 Å². The Labute approximate surface area is 259 Å². The molecule has 1 aliphatic heterocycles. The van der Waals surface area contributed by atoms with Crippen molar-refractivity contribution in [1.82, 2.24) is 29.2 Å². The maximum absolute atomic E-state index is 14.2. The first-order valence-corrected chi connectivity index (χ1v) is 15.1. The standard InChI is InChI=1S/C31H30BrF3N6O3/c1-16-9-22(10-16)44-27-8-6-21(14-36-27)40-29(43)23-12-18(3)39(15-26(23)37-30(40)41-19(4)11-17(2)38-41)28(42)20-5-7-25(32)24(13-20)31(33,34)35/h5-8,11,13-14,16,18,22H,9-10,12,15H2,1-4H3/t16?,18-,22?/m1/s1. The van der Waals surface area contributed by atoms with Gasteiger partial charge in [0, 0.05) is 33.4 Å². The number of pyridine rings is 1. The third-order valence-corrected chi connectivity index (χ3v) is 8.86. The van der Waals surface area contributed by atoms with E-state index in [0.717, 1.165) is 30.3 Å². The van der Waals surface area contributed by atoms with Gasteiger partial charge in [-0.1, -0.05) is 22.9 Å². The summed E-state index contributed by atoms with van der Waals surface area (Å²) in [6.45, 7) is 7.55. The number of aryl methyl sites for hydroxylation is 2. The second-order valence-corrected chi connectivity index (χ2v) is 12.5. The van der Waals surface area contributed by atoms with E-state index in [-0.39, 0.29) is 40.6 Å². The number of amides is 1. The van der Waals surface area contributed by atoms with Crippen LogP contribution in [0.1, 0.15) is 65.3 Å². The van der Waals surface area contributed by atoms with Crippen molar-refractivity contribution in [3.05, 3.63) is 91.2 Å². The van der Waals surface area contributed by atoms with Gasteiger partial charge >= 0.3 is 6.18 Å². The molecule has 0 unspecified atom stereocenters. The summed E-state index contributed by atoms with van der Waals surface area (Å²) in [5.74, 6) is 0.735. The molecule has 9 nitrogen and oxygen atoms in total. The molecule has 230 valence electrons. The van der Waals surface area contributed by atoms with Crippen molar-refractivity contribution in [2.75, 3.05) is 0 Å². The van der Waals surface area contributed by atoms with E-state index in [1.165, 1.54) is 21.6 Å². The Bertz CT molecular complexity index is 1810. The van der Waals surface area contributed by atoms with Crippen molar-refractivity contribution in [3.8, 4) is 17.5 Å². The molecule has 0 radical (unpaired) electrons. The molecule has 3 aromatic heterocycles. The Balaban J connectivity index is 1.39. The average Bonchev–Trinajstić information content (AvgIpc) is 3.29. The fourth-order valence-corrected chi connectivity index (χ4v) is 6.31. The van der Waals surface area contributed by atoms with E-state index in [4.69, 9.17) is 9.72 Å². The van der Waals surface area contributed by atoms with Gasteiger partial charge in [0.1, 0.15) is 6.10 Å². The first kappa shape index (κ1) is 30.0. The predicted octanol–water partition coefficient (Wildman–Crippen LogP) is 5.98. The summed E-state index contributed by atoms with van der Waals surface area (Å²) in [5.41, 5.74) is 1.34. The van der Waals surface area contributed by atoms with Crippen LogP contribution >= 0.6 is 15.9 Å². The van der Waals surface area contributed by atoms with Crippen LogP contribution in [0.25, 0.3) is 11.6 Å². The van der Waals surface area contributed by atoms with Crippen LogP contribution in [-0.2, 0) is 19.1 Å². The van der Waals surface area contributed by atoms with Crippen molar-refractivity contribution in [2.24, 2.45) is 5.92 Å².